The molecule has 1 atom stereocenters. The fourth-order valence-corrected chi connectivity index (χ4v) is 4.32. The summed E-state index contributed by atoms with van der Waals surface area (Å²) in [7, 11) is 1.62. The summed E-state index contributed by atoms with van der Waals surface area (Å²) in [5, 5.41) is 0. The van der Waals surface area contributed by atoms with Crippen LogP contribution in [0.15, 0.2) is 18.2 Å². The van der Waals surface area contributed by atoms with E-state index >= 15 is 0 Å². The van der Waals surface area contributed by atoms with E-state index in [0.29, 0.717) is 12.1 Å². The van der Waals surface area contributed by atoms with Gasteiger partial charge in [-0.2, -0.15) is 0 Å². The number of carbonyl (C=O) groups excluding carboxylic acids is 2. The molecule has 2 amide bonds. The highest BCUT2D eigenvalue weighted by atomic mass is 16.5. The number of benzene rings is 1. The van der Waals surface area contributed by atoms with E-state index in [4.69, 9.17) is 4.74 Å². The first-order chi connectivity index (χ1) is 11.9. The first kappa shape index (κ1) is 17.8. The zero-order valence-electron chi connectivity index (χ0n) is 15.7. The van der Waals surface area contributed by atoms with E-state index in [0.717, 1.165) is 43.5 Å². The third kappa shape index (κ3) is 2.90. The number of hydrogen-bond acceptors (Lipinski definition) is 3. The van der Waals surface area contributed by atoms with Crippen molar-refractivity contribution in [3.63, 3.8) is 0 Å². The molecule has 0 aliphatic carbocycles. The zero-order chi connectivity index (χ0) is 18.2. The molecule has 136 valence electrons. The Morgan fingerprint density at radius 2 is 1.88 bits per heavy atom. The first-order valence-corrected chi connectivity index (χ1v) is 9.18. The van der Waals surface area contributed by atoms with E-state index in [9.17, 15) is 9.59 Å². The van der Waals surface area contributed by atoms with Crippen LogP contribution < -0.4 is 4.74 Å². The number of nitrogens with zero attached hydrogens (tertiary/aromatic N) is 2. The van der Waals surface area contributed by atoms with Crippen LogP contribution in [-0.2, 0) is 4.79 Å². The summed E-state index contributed by atoms with van der Waals surface area (Å²) in [5.41, 5.74) is 0.901. The summed E-state index contributed by atoms with van der Waals surface area (Å²) in [6.07, 6.45) is 3.39. The Morgan fingerprint density at radius 3 is 2.48 bits per heavy atom. The number of methoxy groups -OCH3 is 1. The molecule has 0 N–H and O–H groups in total. The predicted molar refractivity (Wildman–Crippen MR) is 96.8 cm³/mol. The molecular formula is C20H28N2O3. The van der Waals surface area contributed by atoms with Crippen molar-refractivity contribution >= 4 is 11.8 Å². The van der Waals surface area contributed by atoms with E-state index in [1.807, 2.05) is 48.8 Å². The van der Waals surface area contributed by atoms with Gasteiger partial charge in [0, 0.05) is 24.7 Å². The number of likely N-dealkylation sites (tertiary alicyclic amines) is 2. The van der Waals surface area contributed by atoms with E-state index in [1.54, 1.807) is 7.11 Å². The summed E-state index contributed by atoms with van der Waals surface area (Å²) in [6.45, 7) is 7.46. The van der Waals surface area contributed by atoms with Crippen molar-refractivity contribution in [1.29, 1.82) is 0 Å². The average Bonchev–Trinajstić information content (AvgIpc) is 3.01. The molecule has 0 saturated carbocycles. The molecule has 2 aliphatic rings. The van der Waals surface area contributed by atoms with Gasteiger partial charge in [-0.05, 0) is 70.2 Å². The number of aryl methyl sites for hydroxylation is 1. The molecule has 0 aromatic heterocycles. The fourth-order valence-electron chi connectivity index (χ4n) is 4.32. The number of hydrogen-bond donors (Lipinski definition) is 0. The quantitative estimate of drug-likeness (QED) is 0.847. The highest BCUT2D eigenvalue weighted by Gasteiger charge is 2.53. The molecule has 1 aromatic carbocycles. The van der Waals surface area contributed by atoms with Gasteiger partial charge in [0.25, 0.3) is 5.91 Å². The molecule has 2 aliphatic heterocycles. The molecule has 2 fully saturated rings. The lowest BCUT2D eigenvalue weighted by Crippen LogP contribution is -2.62. The first-order valence-electron chi connectivity index (χ1n) is 9.18. The Labute approximate surface area is 149 Å². The highest BCUT2D eigenvalue weighted by molar-refractivity contribution is 6.01. The van der Waals surface area contributed by atoms with Gasteiger partial charge < -0.3 is 14.5 Å². The topological polar surface area (TPSA) is 49.9 Å². The molecule has 1 aromatic rings. The SMILES string of the molecule is COc1ccc(C(=O)N2CCCC23CCCN(C(C)C)C3=O)c(C)c1. The minimum atomic E-state index is -0.647. The maximum Gasteiger partial charge on any atom is 0.255 e. The van der Waals surface area contributed by atoms with Crippen LogP contribution in [0, 0.1) is 6.92 Å². The second kappa shape index (κ2) is 6.70. The van der Waals surface area contributed by atoms with Crippen LogP contribution in [0.1, 0.15) is 55.5 Å². The predicted octanol–water partition coefficient (Wildman–Crippen LogP) is 3.01. The molecule has 5 heteroatoms. The van der Waals surface area contributed by atoms with Gasteiger partial charge >= 0.3 is 0 Å². The molecule has 0 bridgehead atoms. The van der Waals surface area contributed by atoms with Gasteiger partial charge in [0.2, 0.25) is 5.91 Å². The molecule has 0 radical (unpaired) electrons. The van der Waals surface area contributed by atoms with E-state index in [1.165, 1.54) is 0 Å². The van der Waals surface area contributed by atoms with Crippen LogP contribution in [-0.4, -0.2) is 53.4 Å². The van der Waals surface area contributed by atoms with Crippen molar-refractivity contribution in [1.82, 2.24) is 9.80 Å². The van der Waals surface area contributed by atoms with Crippen LogP contribution >= 0.6 is 0 Å². The van der Waals surface area contributed by atoms with Crippen LogP contribution in [0.4, 0.5) is 0 Å². The fraction of sp³-hybridized carbons (Fsp3) is 0.600. The number of piperidine rings is 1. The average molecular weight is 344 g/mol. The lowest BCUT2D eigenvalue weighted by molar-refractivity contribution is -0.147. The summed E-state index contributed by atoms with van der Waals surface area (Å²) >= 11 is 0. The lowest BCUT2D eigenvalue weighted by atomic mass is 9.84. The van der Waals surface area contributed by atoms with Gasteiger partial charge in [0.1, 0.15) is 11.3 Å². The number of carbonyl (C=O) groups is 2. The Balaban J connectivity index is 1.93. The lowest BCUT2D eigenvalue weighted by Gasteiger charge is -2.46. The molecule has 25 heavy (non-hydrogen) atoms. The van der Waals surface area contributed by atoms with Gasteiger partial charge in [0.15, 0.2) is 0 Å². The second-order valence-electron chi connectivity index (χ2n) is 7.47. The molecule has 3 rings (SSSR count). The Kier molecular flexibility index (Phi) is 4.76. The van der Waals surface area contributed by atoms with Crippen molar-refractivity contribution in [3.8, 4) is 5.75 Å². The number of rotatable bonds is 3. The number of ether oxygens (including phenoxy) is 1. The number of amides is 2. The third-order valence-electron chi connectivity index (χ3n) is 5.67. The van der Waals surface area contributed by atoms with Crippen LogP contribution in [0.25, 0.3) is 0 Å². The Hall–Kier alpha value is -2.04. The molecule has 1 spiro atoms. The smallest absolute Gasteiger partial charge is 0.255 e. The van der Waals surface area contributed by atoms with Gasteiger partial charge in [-0.15, -0.1) is 0 Å². The Bertz CT molecular complexity index is 686. The van der Waals surface area contributed by atoms with Crippen molar-refractivity contribution in [3.05, 3.63) is 29.3 Å². The third-order valence-corrected chi connectivity index (χ3v) is 5.67. The molecule has 2 heterocycles. The van der Waals surface area contributed by atoms with Crippen molar-refractivity contribution in [2.45, 2.75) is 58.0 Å². The molecule has 1 unspecified atom stereocenters. The summed E-state index contributed by atoms with van der Waals surface area (Å²) in [5.74, 6) is 0.840. The van der Waals surface area contributed by atoms with Crippen molar-refractivity contribution < 1.29 is 14.3 Å². The standard InChI is InChI=1S/C20H28N2O3/c1-14(2)21-11-5-9-20(19(21)24)10-6-12-22(20)18(23)17-8-7-16(25-4)13-15(17)3/h7-8,13-14H,5-6,9-12H2,1-4H3. The summed E-state index contributed by atoms with van der Waals surface area (Å²) in [6, 6.07) is 5.67. The minimum absolute atomic E-state index is 0.0309. The highest BCUT2D eigenvalue weighted by Crippen LogP contribution is 2.40. The Morgan fingerprint density at radius 1 is 1.20 bits per heavy atom. The molecular weight excluding hydrogens is 316 g/mol. The van der Waals surface area contributed by atoms with Gasteiger partial charge in [-0.3, -0.25) is 9.59 Å². The monoisotopic (exact) mass is 344 g/mol. The van der Waals surface area contributed by atoms with Gasteiger partial charge in [-0.1, -0.05) is 0 Å². The maximum atomic E-state index is 13.3. The van der Waals surface area contributed by atoms with E-state index in [2.05, 4.69) is 0 Å². The second-order valence-corrected chi connectivity index (χ2v) is 7.47. The summed E-state index contributed by atoms with van der Waals surface area (Å²) < 4.78 is 5.24. The summed E-state index contributed by atoms with van der Waals surface area (Å²) in [4.78, 5) is 30.3. The normalized spacial score (nSPS) is 23.6. The van der Waals surface area contributed by atoms with Crippen LogP contribution in [0.3, 0.4) is 0 Å². The van der Waals surface area contributed by atoms with E-state index < -0.39 is 5.54 Å². The van der Waals surface area contributed by atoms with E-state index in [-0.39, 0.29) is 17.9 Å². The van der Waals surface area contributed by atoms with Crippen molar-refractivity contribution in [2.75, 3.05) is 20.2 Å². The van der Waals surface area contributed by atoms with Crippen LogP contribution in [0.2, 0.25) is 0 Å². The molecule has 2 saturated heterocycles. The van der Waals surface area contributed by atoms with Crippen molar-refractivity contribution in [2.24, 2.45) is 0 Å². The largest absolute Gasteiger partial charge is 0.497 e. The van der Waals surface area contributed by atoms with Crippen LogP contribution in [0.5, 0.6) is 5.75 Å². The van der Waals surface area contributed by atoms with Gasteiger partial charge in [0.05, 0.1) is 7.11 Å². The zero-order valence-corrected chi connectivity index (χ0v) is 15.7. The van der Waals surface area contributed by atoms with Gasteiger partial charge in [-0.25, -0.2) is 0 Å². The maximum absolute atomic E-state index is 13.3. The molecule has 5 nitrogen and oxygen atoms in total. The minimum Gasteiger partial charge on any atom is -0.497 e.